The molecule has 0 atom stereocenters. The highest BCUT2D eigenvalue weighted by molar-refractivity contribution is 8.00. The molecule has 10 heteroatoms. The SMILES string of the molecule is Fc1cccc(F)c1N1c2cc3c(cc2B2c4ccccc4N(c4ccccc4)c4cc(N(c5ccccc5)c5ccccc5)cc1c42)B1c2ccccc2N(c2c(-c4ccccc4)cccc2-c2ccccc2)c2cc(N(c4ccccc4)c4c(-c5ccccc5)cccc4-c4ccccc4)cc(c21)S3. The monoisotopic (exact) mass is 1380 g/mol. The van der Waals surface area contributed by atoms with Crippen LogP contribution in [0.2, 0.25) is 0 Å². The lowest BCUT2D eigenvalue weighted by atomic mass is 9.31. The maximum atomic E-state index is 18.0. The summed E-state index contributed by atoms with van der Waals surface area (Å²) in [6.07, 6.45) is 0. The second-order valence-electron chi connectivity index (χ2n) is 27.3. The molecule has 0 aliphatic carbocycles. The van der Waals surface area contributed by atoms with Gasteiger partial charge in [-0.3, -0.25) is 0 Å². The van der Waals surface area contributed by atoms with Gasteiger partial charge in [0.2, 0.25) is 6.71 Å². The standard InChI is InChI=1S/C96H63B2F2N5S/c99-82-54-31-55-83(100)96(82)105-86-63-90-81(62-80(86)97-78-52-25-27-56-84(78)103(71-46-23-8-24-47-71)87-58-72(59-88(105)92(87)97)101(68-40-17-5-18-41-68)69-42-19-6-20-43-69)98-79-53-26-28-57-85(79)104(95-76(66-36-13-3-14-37-66)50-30-51-77(95)67-38-15-4-16-39-67)89-60-73(61-91(106-90)93(89)98)102(70-44-21-7-22-45-70)94-74(64-32-9-1-10-33-64)48-29-49-75(94)65-34-11-2-12-35-65/h1-63H. The Balaban J connectivity index is 0.900. The molecule has 20 rings (SSSR count). The van der Waals surface area contributed by atoms with Gasteiger partial charge in [0.25, 0.3) is 6.71 Å². The van der Waals surface area contributed by atoms with E-state index in [4.69, 9.17) is 0 Å². The van der Waals surface area contributed by atoms with Crippen LogP contribution in [0.5, 0.6) is 0 Å². The Kier molecular flexibility index (Phi) is 15.3. The van der Waals surface area contributed by atoms with Gasteiger partial charge in [-0.1, -0.05) is 296 Å². The average Bonchev–Trinajstić information content (AvgIpc) is 0.686. The van der Waals surface area contributed by atoms with Crippen LogP contribution in [0.25, 0.3) is 44.5 Å². The summed E-state index contributed by atoms with van der Waals surface area (Å²) in [6, 6.07) is 135. The van der Waals surface area contributed by atoms with Gasteiger partial charge in [-0.05, 0) is 153 Å². The van der Waals surface area contributed by atoms with E-state index >= 15 is 8.78 Å². The summed E-state index contributed by atoms with van der Waals surface area (Å²) in [5.74, 6) is -1.35. The van der Waals surface area contributed by atoms with Crippen LogP contribution < -0.4 is 57.3 Å². The van der Waals surface area contributed by atoms with Crippen LogP contribution in [0.4, 0.5) is 94.1 Å². The molecule has 0 N–H and O–H groups in total. The van der Waals surface area contributed by atoms with Gasteiger partial charge in [0.05, 0.1) is 17.1 Å². The summed E-state index contributed by atoms with van der Waals surface area (Å²) >= 11 is 1.73. The predicted molar refractivity (Wildman–Crippen MR) is 441 cm³/mol. The Bertz CT molecular complexity index is 5890. The van der Waals surface area contributed by atoms with Crippen LogP contribution >= 0.6 is 11.8 Å². The van der Waals surface area contributed by atoms with Crippen LogP contribution in [0, 0.1) is 11.6 Å². The third-order valence-corrected chi connectivity index (χ3v) is 22.5. The van der Waals surface area contributed by atoms with E-state index in [1.807, 2.05) is 23.1 Å². The molecule has 5 nitrogen and oxygen atoms in total. The molecule has 0 unspecified atom stereocenters. The van der Waals surface area contributed by atoms with Crippen LogP contribution in [-0.2, 0) is 0 Å². The summed E-state index contributed by atoms with van der Waals surface area (Å²) in [4.78, 5) is 13.6. The van der Waals surface area contributed by atoms with Gasteiger partial charge in [0.1, 0.15) is 17.3 Å². The average molecular weight is 1380 g/mol. The van der Waals surface area contributed by atoms with E-state index in [-0.39, 0.29) is 12.4 Å². The van der Waals surface area contributed by atoms with Crippen molar-refractivity contribution >= 4 is 143 Å². The molecule has 0 radical (unpaired) electrons. The molecule has 0 amide bonds. The molecule has 106 heavy (non-hydrogen) atoms. The first-order chi connectivity index (χ1) is 52.5. The van der Waals surface area contributed by atoms with Gasteiger partial charge >= 0.3 is 0 Å². The summed E-state index contributed by atoms with van der Waals surface area (Å²) in [5.41, 5.74) is 27.9. The number of para-hydroxylation sites is 9. The van der Waals surface area contributed by atoms with Gasteiger partial charge in [0.15, 0.2) is 0 Å². The Hall–Kier alpha value is -13.1. The number of hydrogen-bond acceptors (Lipinski definition) is 6. The van der Waals surface area contributed by atoms with Crippen LogP contribution in [0.3, 0.4) is 0 Å². The zero-order chi connectivity index (χ0) is 70.3. The van der Waals surface area contributed by atoms with Crippen molar-refractivity contribution in [3.05, 3.63) is 394 Å². The molecule has 0 aromatic heterocycles. The van der Waals surface area contributed by atoms with Crippen molar-refractivity contribution < 1.29 is 8.78 Å². The molecular weight excluding hydrogens is 1310 g/mol. The molecule has 0 spiro atoms. The number of anilines is 15. The van der Waals surface area contributed by atoms with E-state index in [0.717, 1.165) is 155 Å². The fourth-order valence-corrected chi connectivity index (χ4v) is 18.2. The lowest BCUT2D eigenvalue weighted by Gasteiger charge is -2.46. The molecule has 4 aliphatic heterocycles. The van der Waals surface area contributed by atoms with Crippen molar-refractivity contribution in [3.63, 3.8) is 0 Å². The minimum Gasteiger partial charge on any atom is -0.311 e. The zero-order valence-corrected chi connectivity index (χ0v) is 58.2. The maximum absolute atomic E-state index is 18.0. The smallest absolute Gasteiger partial charge is 0.252 e. The van der Waals surface area contributed by atoms with Gasteiger partial charge in [-0.2, -0.15) is 0 Å². The maximum Gasteiger partial charge on any atom is 0.252 e. The van der Waals surface area contributed by atoms with E-state index in [0.29, 0.717) is 11.4 Å². The first kappa shape index (κ1) is 62.6. The molecule has 16 aromatic carbocycles. The lowest BCUT2D eigenvalue weighted by Crippen LogP contribution is -2.64. The largest absolute Gasteiger partial charge is 0.311 e. The second kappa shape index (κ2) is 26.0. The van der Waals surface area contributed by atoms with Crippen LogP contribution in [0.15, 0.2) is 392 Å². The van der Waals surface area contributed by atoms with E-state index in [1.54, 1.807) is 11.8 Å². The van der Waals surface area contributed by atoms with Crippen molar-refractivity contribution in [1.82, 2.24) is 0 Å². The molecule has 0 saturated heterocycles. The zero-order valence-electron chi connectivity index (χ0n) is 57.4. The summed E-state index contributed by atoms with van der Waals surface area (Å²) in [7, 11) is 0. The minimum absolute atomic E-state index is 0.155. The Labute approximate surface area is 620 Å². The van der Waals surface area contributed by atoms with E-state index < -0.39 is 18.3 Å². The van der Waals surface area contributed by atoms with E-state index in [9.17, 15) is 0 Å². The highest BCUT2D eigenvalue weighted by atomic mass is 32.2. The predicted octanol–water partition coefficient (Wildman–Crippen LogP) is 22.4. The van der Waals surface area contributed by atoms with Crippen molar-refractivity contribution in [2.45, 2.75) is 9.79 Å². The Morgan fingerprint density at radius 3 is 1.13 bits per heavy atom. The van der Waals surface area contributed by atoms with E-state index in [1.165, 1.54) is 18.2 Å². The van der Waals surface area contributed by atoms with Crippen molar-refractivity contribution in [3.8, 4) is 44.5 Å². The number of rotatable bonds is 13. The summed E-state index contributed by atoms with van der Waals surface area (Å²) in [5, 5.41) is 0. The second-order valence-corrected chi connectivity index (χ2v) is 28.3. The third-order valence-electron chi connectivity index (χ3n) is 21.3. The fourth-order valence-electron chi connectivity index (χ4n) is 17.0. The molecule has 0 bridgehead atoms. The first-order valence-corrected chi connectivity index (χ1v) is 36.8. The fraction of sp³-hybridized carbons (Fsp3) is 0. The Morgan fingerprint density at radius 1 is 0.245 bits per heavy atom. The van der Waals surface area contributed by atoms with Gasteiger partial charge in [0, 0.05) is 94.6 Å². The van der Waals surface area contributed by atoms with Crippen LogP contribution in [0.1, 0.15) is 0 Å². The topological polar surface area (TPSA) is 16.2 Å². The number of fused-ring (bicyclic) bond motifs is 8. The number of nitrogens with zero attached hydrogens (tertiary/aromatic N) is 5. The van der Waals surface area contributed by atoms with Crippen molar-refractivity contribution in [2.75, 3.05) is 24.5 Å². The summed E-state index contributed by atoms with van der Waals surface area (Å²) in [6.45, 7) is -0.758. The van der Waals surface area contributed by atoms with E-state index in [2.05, 4.69) is 365 Å². The molecule has 498 valence electrons. The van der Waals surface area contributed by atoms with Crippen molar-refractivity contribution in [2.24, 2.45) is 0 Å². The number of hydrogen-bond donors (Lipinski definition) is 0. The van der Waals surface area contributed by atoms with Crippen LogP contribution in [-0.4, -0.2) is 13.4 Å². The lowest BCUT2D eigenvalue weighted by molar-refractivity contribution is 0.586. The van der Waals surface area contributed by atoms with Crippen molar-refractivity contribution in [1.29, 1.82) is 0 Å². The Morgan fingerprint density at radius 2 is 0.623 bits per heavy atom. The highest BCUT2D eigenvalue weighted by Gasteiger charge is 2.49. The van der Waals surface area contributed by atoms with Gasteiger partial charge in [-0.15, -0.1) is 0 Å². The van der Waals surface area contributed by atoms with Gasteiger partial charge in [-0.25, -0.2) is 8.78 Å². The number of benzene rings is 16. The first-order valence-electron chi connectivity index (χ1n) is 36.0. The van der Waals surface area contributed by atoms with Gasteiger partial charge < -0.3 is 24.5 Å². The molecule has 4 heterocycles. The summed E-state index contributed by atoms with van der Waals surface area (Å²) < 4.78 is 35.9. The third kappa shape index (κ3) is 10.3. The minimum atomic E-state index is -0.675. The molecule has 0 fully saturated rings. The highest BCUT2D eigenvalue weighted by Crippen LogP contribution is 2.55. The molecule has 0 saturated carbocycles. The molecule has 4 aliphatic rings. The molecule has 16 aromatic rings. The normalized spacial score (nSPS) is 12.7. The number of halogens is 2. The molecular formula is C96H63B2F2N5S. The quantitative estimate of drug-likeness (QED) is 0.106.